The summed E-state index contributed by atoms with van der Waals surface area (Å²) in [5, 5.41) is 11.7. The summed E-state index contributed by atoms with van der Waals surface area (Å²) in [6, 6.07) is 12.5. The average molecular weight is 529 g/mol. The molecule has 4 rings (SSSR count). The van der Waals surface area contributed by atoms with Crippen LogP contribution < -0.4 is 10.4 Å². The smallest absolute Gasteiger partial charge is 0.410 e. The number of benzene rings is 2. The maximum Gasteiger partial charge on any atom is 0.410 e. The van der Waals surface area contributed by atoms with Crippen LogP contribution in [0.15, 0.2) is 36.4 Å². The minimum absolute atomic E-state index is 0.203. The molecule has 2 aromatic rings. The first-order valence-electron chi connectivity index (χ1n) is 12.6. The molecule has 1 fully saturated rings. The highest BCUT2D eigenvalue weighted by molar-refractivity contribution is 6.30. The van der Waals surface area contributed by atoms with Gasteiger partial charge in [-0.2, -0.15) is 5.26 Å². The van der Waals surface area contributed by atoms with Gasteiger partial charge in [-0.05, 0) is 75.9 Å². The van der Waals surface area contributed by atoms with Crippen LogP contribution in [0.1, 0.15) is 63.3 Å². The van der Waals surface area contributed by atoms with Crippen molar-refractivity contribution in [2.75, 3.05) is 31.3 Å². The fraction of sp³-hybridized carbons (Fsp3) is 0.500. The van der Waals surface area contributed by atoms with E-state index in [0.29, 0.717) is 44.1 Å². The van der Waals surface area contributed by atoms with Crippen molar-refractivity contribution >= 4 is 23.4 Å². The molecule has 1 saturated heterocycles. The molecule has 2 aliphatic rings. The van der Waals surface area contributed by atoms with Crippen LogP contribution in [0.5, 0.6) is 0 Å². The SMILES string of the molecule is C[C@@H](OCC1(c2ccc(F)cc2)CCN(C(=O)OC(C)(C)C)CC1)c1cc(Cl)cc2c1N(CC#N)NC2. The Kier molecular flexibility index (Phi) is 7.98. The number of hydrazine groups is 1. The number of nitriles is 1. The number of piperidine rings is 1. The number of ether oxygens (including phenoxy) is 2. The van der Waals surface area contributed by atoms with Crippen molar-refractivity contribution < 1.29 is 18.7 Å². The second kappa shape index (κ2) is 10.9. The molecule has 0 bridgehead atoms. The lowest BCUT2D eigenvalue weighted by atomic mass is 9.73. The zero-order chi connectivity index (χ0) is 26.8. The predicted molar refractivity (Wildman–Crippen MR) is 141 cm³/mol. The molecule has 37 heavy (non-hydrogen) atoms. The highest BCUT2D eigenvalue weighted by atomic mass is 35.5. The Morgan fingerprint density at radius 1 is 1.24 bits per heavy atom. The molecule has 0 radical (unpaired) electrons. The Morgan fingerprint density at radius 2 is 1.92 bits per heavy atom. The van der Waals surface area contributed by atoms with Crippen LogP contribution in [0.2, 0.25) is 5.02 Å². The summed E-state index contributed by atoms with van der Waals surface area (Å²) < 4.78 is 25.8. The van der Waals surface area contributed by atoms with Gasteiger partial charge in [0.05, 0.1) is 24.5 Å². The maximum absolute atomic E-state index is 13.8. The number of halogens is 2. The van der Waals surface area contributed by atoms with E-state index in [1.807, 2.05) is 57.0 Å². The van der Waals surface area contributed by atoms with Gasteiger partial charge in [0, 0.05) is 35.6 Å². The van der Waals surface area contributed by atoms with E-state index in [-0.39, 0.29) is 24.6 Å². The highest BCUT2D eigenvalue weighted by Gasteiger charge is 2.39. The molecule has 2 aromatic carbocycles. The van der Waals surface area contributed by atoms with Crippen molar-refractivity contribution in [2.45, 2.75) is 64.2 Å². The number of likely N-dealkylation sites (tertiary alicyclic amines) is 1. The van der Waals surface area contributed by atoms with Gasteiger partial charge in [-0.25, -0.2) is 14.6 Å². The Balaban J connectivity index is 1.55. The highest BCUT2D eigenvalue weighted by Crippen LogP contribution is 2.41. The number of rotatable bonds is 6. The number of nitrogens with one attached hydrogen (secondary N) is 1. The van der Waals surface area contributed by atoms with Crippen LogP contribution in [-0.2, 0) is 21.4 Å². The summed E-state index contributed by atoms with van der Waals surface area (Å²) in [4.78, 5) is 14.4. The summed E-state index contributed by atoms with van der Waals surface area (Å²) in [7, 11) is 0. The lowest BCUT2D eigenvalue weighted by Gasteiger charge is -2.42. The van der Waals surface area contributed by atoms with Gasteiger partial charge in [-0.3, -0.25) is 5.01 Å². The van der Waals surface area contributed by atoms with Crippen molar-refractivity contribution in [2.24, 2.45) is 0 Å². The number of carbonyl (C=O) groups excluding carboxylic acids is 1. The molecular formula is C28H34ClFN4O3. The fourth-order valence-corrected chi connectivity index (χ4v) is 5.31. The van der Waals surface area contributed by atoms with E-state index in [2.05, 4.69) is 11.5 Å². The largest absolute Gasteiger partial charge is 0.444 e. The summed E-state index contributed by atoms with van der Waals surface area (Å²) in [6.07, 6.45) is 0.671. The molecule has 1 atom stereocenters. The van der Waals surface area contributed by atoms with Crippen LogP contribution in [0.3, 0.4) is 0 Å². The van der Waals surface area contributed by atoms with E-state index < -0.39 is 11.0 Å². The van der Waals surface area contributed by atoms with Crippen molar-refractivity contribution in [3.63, 3.8) is 0 Å². The molecule has 0 unspecified atom stereocenters. The Labute approximate surface area is 223 Å². The van der Waals surface area contributed by atoms with Gasteiger partial charge in [-0.1, -0.05) is 23.7 Å². The Bertz CT molecular complexity index is 1170. The van der Waals surface area contributed by atoms with E-state index in [9.17, 15) is 14.4 Å². The van der Waals surface area contributed by atoms with Crippen LogP contribution in [0.4, 0.5) is 14.9 Å². The Morgan fingerprint density at radius 3 is 2.54 bits per heavy atom. The molecule has 0 spiro atoms. The second-order valence-corrected chi connectivity index (χ2v) is 11.2. The number of fused-ring (bicyclic) bond motifs is 1. The summed E-state index contributed by atoms with van der Waals surface area (Å²) in [6.45, 7) is 9.74. The molecule has 2 heterocycles. The van der Waals surface area contributed by atoms with Gasteiger partial charge in [0.1, 0.15) is 18.0 Å². The van der Waals surface area contributed by atoms with Crippen molar-refractivity contribution in [3.05, 3.63) is 63.9 Å². The van der Waals surface area contributed by atoms with Gasteiger partial charge in [0.15, 0.2) is 0 Å². The average Bonchev–Trinajstić information content (AvgIpc) is 3.24. The van der Waals surface area contributed by atoms with Gasteiger partial charge in [-0.15, -0.1) is 0 Å². The maximum atomic E-state index is 13.8. The zero-order valence-corrected chi connectivity index (χ0v) is 22.6. The molecule has 198 valence electrons. The van der Waals surface area contributed by atoms with Crippen molar-refractivity contribution in [1.29, 1.82) is 5.26 Å². The Hall–Kier alpha value is -2.86. The van der Waals surface area contributed by atoms with E-state index in [4.69, 9.17) is 21.1 Å². The second-order valence-electron chi connectivity index (χ2n) is 10.8. The van der Waals surface area contributed by atoms with E-state index in [0.717, 1.165) is 22.4 Å². The molecule has 0 aromatic heterocycles. The fourth-order valence-electron chi connectivity index (χ4n) is 5.06. The van der Waals surface area contributed by atoms with Crippen molar-refractivity contribution in [3.8, 4) is 6.07 Å². The molecule has 1 N–H and O–H groups in total. The normalized spacial score (nSPS) is 17.8. The minimum Gasteiger partial charge on any atom is -0.444 e. The predicted octanol–water partition coefficient (Wildman–Crippen LogP) is 5.87. The van der Waals surface area contributed by atoms with Crippen LogP contribution in [0, 0.1) is 17.1 Å². The third kappa shape index (κ3) is 6.18. The molecule has 1 amide bonds. The lowest BCUT2D eigenvalue weighted by Crippen LogP contribution is -2.48. The van der Waals surface area contributed by atoms with Crippen LogP contribution in [0.25, 0.3) is 0 Å². The van der Waals surface area contributed by atoms with E-state index in [1.165, 1.54) is 12.1 Å². The number of anilines is 1. The monoisotopic (exact) mass is 528 g/mol. The first kappa shape index (κ1) is 27.2. The number of hydrogen-bond donors (Lipinski definition) is 1. The van der Waals surface area contributed by atoms with E-state index in [1.54, 1.807) is 4.90 Å². The quantitative estimate of drug-likeness (QED) is 0.472. The number of hydrogen-bond acceptors (Lipinski definition) is 6. The summed E-state index contributed by atoms with van der Waals surface area (Å²) >= 11 is 6.42. The van der Waals surface area contributed by atoms with Gasteiger partial charge < -0.3 is 14.4 Å². The first-order valence-corrected chi connectivity index (χ1v) is 12.9. The first-order chi connectivity index (χ1) is 17.5. The standard InChI is InChI=1S/C28H34ClFN4O3/c1-19(24-16-22(29)15-20-17-32-34(14-11-31)25(20)24)36-18-28(21-5-7-23(30)8-6-21)9-12-33(13-10-28)26(35)37-27(2,3)4/h5-8,15-16,19,32H,9-10,12-14,17-18H2,1-4H3/t19-/m1/s1. The molecule has 0 saturated carbocycles. The summed E-state index contributed by atoms with van der Waals surface area (Å²) in [5.74, 6) is -0.293. The van der Waals surface area contributed by atoms with Crippen molar-refractivity contribution in [1.82, 2.24) is 10.3 Å². The van der Waals surface area contributed by atoms with Gasteiger partial charge in [0.2, 0.25) is 0 Å². The van der Waals surface area contributed by atoms with Crippen LogP contribution >= 0.6 is 11.6 Å². The van der Waals surface area contributed by atoms with Crippen LogP contribution in [-0.4, -0.2) is 42.8 Å². The van der Waals surface area contributed by atoms with E-state index >= 15 is 0 Å². The number of amides is 1. The minimum atomic E-state index is -0.563. The van der Waals surface area contributed by atoms with Gasteiger partial charge >= 0.3 is 6.09 Å². The van der Waals surface area contributed by atoms with Gasteiger partial charge in [0.25, 0.3) is 0 Å². The summed E-state index contributed by atoms with van der Waals surface area (Å²) in [5.41, 5.74) is 6.11. The number of carbonyl (C=O) groups is 1. The zero-order valence-electron chi connectivity index (χ0n) is 21.8. The lowest BCUT2D eigenvalue weighted by molar-refractivity contribution is -0.00951. The third-order valence-corrected chi connectivity index (χ3v) is 7.24. The molecular weight excluding hydrogens is 495 g/mol. The molecule has 2 aliphatic heterocycles. The molecule has 9 heteroatoms. The topological polar surface area (TPSA) is 77.8 Å². The molecule has 0 aliphatic carbocycles. The number of nitrogens with zero attached hydrogens (tertiary/aromatic N) is 3. The third-order valence-electron chi connectivity index (χ3n) is 7.02. The molecule has 7 nitrogen and oxygen atoms in total.